The number of fused-ring (bicyclic) bond motifs is 1. The molecule has 8 nitrogen and oxygen atoms in total. The number of carbonyl (C=O) groups excluding carboxylic acids is 1. The van der Waals surface area contributed by atoms with E-state index in [1.807, 2.05) is 6.07 Å². The number of hydrogen-bond acceptors (Lipinski definition) is 5. The molecular weight excluding hydrogens is 370 g/mol. The highest BCUT2D eigenvalue weighted by molar-refractivity contribution is 7.88. The van der Waals surface area contributed by atoms with Crippen LogP contribution in [0, 0.1) is 0 Å². The lowest BCUT2D eigenvalue weighted by atomic mass is 10.0. The van der Waals surface area contributed by atoms with E-state index in [0.29, 0.717) is 18.4 Å². The van der Waals surface area contributed by atoms with Crippen molar-refractivity contribution in [2.45, 2.75) is 18.9 Å². The van der Waals surface area contributed by atoms with Crippen LogP contribution in [-0.2, 0) is 14.8 Å². The predicted molar refractivity (Wildman–Crippen MR) is 99.9 cm³/mol. The minimum atomic E-state index is -3.29. The van der Waals surface area contributed by atoms with Gasteiger partial charge in [-0.25, -0.2) is 12.7 Å². The van der Waals surface area contributed by atoms with Crippen molar-refractivity contribution in [3.63, 3.8) is 0 Å². The van der Waals surface area contributed by atoms with Gasteiger partial charge in [0.1, 0.15) is 6.54 Å². The van der Waals surface area contributed by atoms with Crippen LogP contribution in [0.25, 0.3) is 10.9 Å². The third-order valence-corrected chi connectivity index (χ3v) is 6.05. The highest BCUT2D eigenvalue weighted by Gasteiger charge is 2.32. The minimum Gasteiger partial charge on any atom is -0.480 e. The number of carbonyl (C=O) groups is 2. The third-order valence-electron chi connectivity index (χ3n) is 4.75. The van der Waals surface area contributed by atoms with Crippen LogP contribution in [0.15, 0.2) is 36.5 Å². The smallest absolute Gasteiger partial charge is 0.323 e. The van der Waals surface area contributed by atoms with E-state index in [2.05, 4.69) is 4.98 Å². The van der Waals surface area contributed by atoms with Crippen molar-refractivity contribution in [2.24, 2.45) is 0 Å². The lowest BCUT2D eigenvalue weighted by Gasteiger charge is -2.37. The van der Waals surface area contributed by atoms with E-state index in [-0.39, 0.29) is 25.0 Å². The van der Waals surface area contributed by atoms with Crippen LogP contribution in [0.1, 0.15) is 23.2 Å². The average molecular weight is 391 g/mol. The van der Waals surface area contributed by atoms with Crippen LogP contribution < -0.4 is 0 Å². The van der Waals surface area contributed by atoms with Crippen LogP contribution in [-0.4, -0.2) is 71.5 Å². The Bertz CT molecular complexity index is 968. The first kappa shape index (κ1) is 19.2. The second-order valence-electron chi connectivity index (χ2n) is 6.63. The molecule has 0 radical (unpaired) electrons. The molecule has 0 bridgehead atoms. The lowest BCUT2D eigenvalue weighted by molar-refractivity contribution is -0.138. The first-order valence-corrected chi connectivity index (χ1v) is 10.4. The van der Waals surface area contributed by atoms with Gasteiger partial charge in [-0.3, -0.25) is 14.6 Å². The Morgan fingerprint density at radius 2 is 1.96 bits per heavy atom. The molecule has 0 atom stereocenters. The third kappa shape index (κ3) is 4.42. The highest BCUT2D eigenvalue weighted by Crippen LogP contribution is 2.22. The fraction of sp³-hybridized carbons (Fsp3) is 0.389. The number of pyridine rings is 1. The fourth-order valence-electron chi connectivity index (χ4n) is 3.37. The van der Waals surface area contributed by atoms with Crippen LogP contribution in [0.5, 0.6) is 0 Å². The second kappa shape index (κ2) is 7.61. The fourth-order valence-corrected chi connectivity index (χ4v) is 4.25. The Balaban J connectivity index is 1.83. The first-order valence-electron chi connectivity index (χ1n) is 8.58. The summed E-state index contributed by atoms with van der Waals surface area (Å²) < 4.78 is 24.7. The predicted octanol–water partition coefficient (Wildman–Crippen LogP) is 1.19. The molecule has 1 aliphatic heterocycles. The monoisotopic (exact) mass is 391 g/mol. The van der Waals surface area contributed by atoms with Crippen molar-refractivity contribution in [3.8, 4) is 0 Å². The molecule has 0 aliphatic carbocycles. The summed E-state index contributed by atoms with van der Waals surface area (Å²) in [6, 6.07) is 8.35. The summed E-state index contributed by atoms with van der Waals surface area (Å²) in [4.78, 5) is 29.9. The van der Waals surface area contributed by atoms with Gasteiger partial charge >= 0.3 is 5.97 Å². The molecule has 1 aromatic carbocycles. The molecule has 9 heteroatoms. The molecule has 1 saturated heterocycles. The van der Waals surface area contributed by atoms with Crippen LogP contribution in [0.2, 0.25) is 0 Å². The average Bonchev–Trinajstić information content (AvgIpc) is 2.64. The molecule has 0 saturated carbocycles. The number of aliphatic carboxylic acids is 1. The van der Waals surface area contributed by atoms with E-state index in [9.17, 15) is 23.1 Å². The molecule has 2 aromatic rings. The quantitative estimate of drug-likeness (QED) is 0.820. The number of rotatable bonds is 5. The number of carboxylic acids is 1. The Morgan fingerprint density at radius 3 is 2.59 bits per heavy atom. The number of carboxylic acid groups (broad SMARTS) is 1. The van der Waals surface area contributed by atoms with Crippen LogP contribution in [0.3, 0.4) is 0 Å². The summed E-state index contributed by atoms with van der Waals surface area (Å²) in [5, 5.41) is 10.0. The number of hydrogen-bond donors (Lipinski definition) is 1. The Kier molecular flexibility index (Phi) is 5.43. The van der Waals surface area contributed by atoms with Crippen molar-refractivity contribution in [3.05, 3.63) is 42.1 Å². The van der Waals surface area contributed by atoms with E-state index in [0.717, 1.165) is 17.2 Å². The molecule has 1 N–H and O–H groups in total. The largest absolute Gasteiger partial charge is 0.480 e. The number of sulfonamides is 1. The van der Waals surface area contributed by atoms with Gasteiger partial charge in [0, 0.05) is 36.3 Å². The molecule has 0 unspecified atom stereocenters. The molecule has 3 rings (SSSR count). The zero-order valence-electron chi connectivity index (χ0n) is 14.9. The Hall–Kier alpha value is -2.52. The standard InChI is InChI=1S/C18H21N3O5S/c1-27(25,26)20-9-6-15(7-10-20)21(12-17(22)23)18(24)14-4-5-16-13(11-14)3-2-8-19-16/h2-5,8,11,15H,6-7,9-10,12H2,1H3,(H,22,23). The van der Waals surface area contributed by atoms with Crippen LogP contribution >= 0.6 is 0 Å². The van der Waals surface area contributed by atoms with Gasteiger partial charge in [0.05, 0.1) is 11.8 Å². The maximum atomic E-state index is 13.0. The van der Waals surface area contributed by atoms with Gasteiger partial charge in [-0.1, -0.05) is 6.07 Å². The van der Waals surface area contributed by atoms with E-state index in [1.165, 1.54) is 9.21 Å². The molecule has 1 amide bonds. The van der Waals surface area contributed by atoms with Gasteiger partial charge in [-0.05, 0) is 37.1 Å². The van der Waals surface area contributed by atoms with Crippen molar-refractivity contribution >= 4 is 32.8 Å². The maximum absolute atomic E-state index is 13.0. The van der Waals surface area contributed by atoms with Gasteiger partial charge in [-0.15, -0.1) is 0 Å². The number of nitrogens with zero attached hydrogens (tertiary/aromatic N) is 3. The summed E-state index contributed by atoms with van der Waals surface area (Å²) in [5.41, 5.74) is 1.14. The SMILES string of the molecule is CS(=O)(=O)N1CCC(N(CC(=O)O)C(=O)c2ccc3ncccc3c2)CC1. The summed E-state index contributed by atoms with van der Waals surface area (Å²) in [6.45, 7) is 0.122. The van der Waals surface area contributed by atoms with Crippen molar-refractivity contribution in [1.29, 1.82) is 0 Å². The van der Waals surface area contributed by atoms with Crippen LogP contribution in [0.4, 0.5) is 0 Å². The lowest BCUT2D eigenvalue weighted by Crippen LogP contribution is -2.50. The first-order chi connectivity index (χ1) is 12.8. The molecule has 0 spiro atoms. The summed E-state index contributed by atoms with van der Waals surface area (Å²) in [6.07, 6.45) is 3.62. The van der Waals surface area contributed by atoms with Gasteiger partial charge in [0.2, 0.25) is 10.0 Å². The molecule has 144 valence electrons. The molecule has 2 heterocycles. The molecule has 1 aliphatic rings. The molecular formula is C18H21N3O5S. The highest BCUT2D eigenvalue weighted by atomic mass is 32.2. The summed E-state index contributed by atoms with van der Waals surface area (Å²) in [5.74, 6) is -1.47. The molecule has 1 aromatic heterocycles. The Labute approximate surface area is 157 Å². The number of benzene rings is 1. The second-order valence-corrected chi connectivity index (χ2v) is 8.61. The van der Waals surface area contributed by atoms with Crippen molar-refractivity contribution < 1.29 is 23.1 Å². The number of piperidine rings is 1. The molecule has 27 heavy (non-hydrogen) atoms. The zero-order chi connectivity index (χ0) is 19.6. The topological polar surface area (TPSA) is 108 Å². The van der Waals surface area contributed by atoms with Gasteiger partial charge < -0.3 is 10.0 Å². The normalized spacial score (nSPS) is 16.3. The Morgan fingerprint density at radius 1 is 1.26 bits per heavy atom. The number of amides is 1. The van der Waals surface area contributed by atoms with E-state index in [1.54, 1.807) is 30.5 Å². The van der Waals surface area contributed by atoms with Crippen molar-refractivity contribution in [2.75, 3.05) is 25.9 Å². The molecule has 1 fully saturated rings. The van der Waals surface area contributed by atoms with E-state index in [4.69, 9.17) is 0 Å². The van der Waals surface area contributed by atoms with E-state index < -0.39 is 22.5 Å². The van der Waals surface area contributed by atoms with Gasteiger partial charge in [0.15, 0.2) is 0 Å². The summed E-state index contributed by atoms with van der Waals surface area (Å²) in [7, 11) is -3.29. The minimum absolute atomic E-state index is 0.272. The van der Waals surface area contributed by atoms with E-state index >= 15 is 0 Å². The summed E-state index contributed by atoms with van der Waals surface area (Å²) >= 11 is 0. The van der Waals surface area contributed by atoms with Gasteiger partial charge in [0.25, 0.3) is 5.91 Å². The van der Waals surface area contributed by atoms with Crippen molar-refractivity contribution in [1.82, 2.24) is 14.2 Å². The zero-order valence-corrected chi connectivity index (χ0v) is 15.7. The van der Waals surface area contributed by atoms with Gasteiger partial charge in [-0.2, -0.15) is 0 Å². The number of aromatic nitrogens is 1. The maximum Gasteiger partial charge on any atom is 0.323 e.